The lowest BCUT2D eigenvalue weighted by molar-refractivity contribution is 0.0116. The van der Waals surface area contributed by atoms with Crippen LogP contribution in [0.2, 0.25) is 0 Å². The average Bonchev–Trinajstić information content (AvgIpc) is 2.38. The van der Waals surface area contributed by atoms with Gasteiger partial charge in [0.2, 0.25) is 10.0 Å². The molecule has 0 aromatic heterocycles. The van der Waals surface area contributed by atoms with E-state index in [1.807, 2.05) is 0 Å². The first-order chi connectivity index (χ1) is 9.36. The Bertz CT molecular complexity index is 542. The van der Waals surface area contributed by atoms with Crippen molar-refractivity contribution in [3.63, 3.8) is 0 Å². The van der Waals surface area contributed by atoms with Gasteiger partial charge in [-0.2, -0.15) is 0 Å². The molecule has 1 aromatic carbocycles. The van der Waals surface area contributed by atoms with Crippen molar-refractivity contribution in [2.24, 2.45) is 5.14 Å². The first kappa shape index (κ1) is 15.4. The maximum atomic E-state index is 11.2. The van der Waals surface area contributed by atoms with Gasteiger partial charge < -0.3 is 10.1 Å². The quantitative estimate of drug-likeness (QED) is 0.883. The summed E-state index contributed by atoms with van der Waals surface area (Å²) < 4.78 is 28.0. The third kappa shape index (κ3) is 4.02. The highest BCUT2D eigenvalue weighted by Gasteiger charge is 2.21. The van der Waals surface area contributed by atoms with E-state index in [1.54, 1.807) is 24.3 Å². The van der Waals surface area contributed by atoms with Gasteiger partial charge in [0.25, 0.3) is 0 Å². The van der Waals surface area contributed by atoms with Crippen LogP contribution < -0.4 is 10.5 Å². The van der Waals surface area contributed by atoms with Gasteiger partial charge in [0.05, 0.1) is 11.0 Å². The van der Waals surface area contributed by atoms with Gasteiger partial charge in [0.15, 0.2) is 0 Å². The molecule has 20 heavy (non-hydrogen) atoms. The summed E-state index contributed by atoms with van der Waals surface area (Å²) in [4.78, 5) is 0.146. The van der Waals surface area contributed by atoms with E-state index >= 15 is 0 Å². The number of hydrogen-bond donors (Lipinski definition) is 2. The van der Waals surface area contributed by atoms with Crippen LogP contribution in [-0.2, 0) is 14.8 Å². The molecule has 0 radical (unpaired) electrons. The lowest BCUT2D eigenvalue weighted by Gasteiger charge is -2.30. The molecule has 3 atom stereocenters. The average molecular weight is 298 g/mol. The fourth-order valence-electron chi connectivity index (χ4n) is 2.55. The second kappa shape index (κ2) is 6.22. The number of ether oxygens (including phenoxy) is 1. The Morgan fingerprint density at radius 1 is 1.35 bits per heavy atom. The highest BCUT2D eigenvalue weighted by Crippen LogP contribution is 2.20. The Balaban J connectivity index is 2.00. The molecule has 3 unspecified atom stereocenters. The van der Waals surface area contributed by atoms with Gasteiger partial charge in [-0.05, 0) is 44.4 Å². The van der Waals surface area contributed by atoms with E-state index in [1.165, 1.54) is 0 Å². The zero-order valence-electron chi connectivity index (χ0n) is 11.9. The Kier molecular flexibility index (Phi) is 4.80. The van der Waals surface area contributed by atoms with Crippen LogP contribution in [0.4, 0.5) is 0 Å². The van der Waals surface area contributed by atoms with Gasteiger partial charge in [-0.25, -0.2) is 13.6 Å². The van der Waals surface area contributed by atoms with Crippen LogP contribution in [0.15, 0.2) is 29.2 Å². The lowest BCUT2D eigenvalue weighted by atomic mass is 10.0. The molecule has 6 heteroatoms. The predicted molar refractivity (Wildman–Crippen MR) is 77.8 cm³/mol. The van der Waals surface area contributed by atoms with Gasteiger partial charge in [0.1, 0.15) is 0 Å². The second-order valence-electron chi connectivity index (χ2n) is 5.41. The smallest absolute Gasteiger partial charge is 0.238 e. The Labute approximate surface area is 120 Å². The van der Waals surface area contributed by atoms with Crippen molar-refractivity contribution >= 4 is 10.0 Å². The van der Waals surface area contributed by atoms with Crippen LogP contribution in [0, 0.1) is 0 Å². The summed E-state index contributed by atoms with van der Waals surface area (Å²) in [5, 5.41) is 8.65. The summed E-state index contributed by atoms with van der Waals surface area (Å²) >= 11 is 0. The van der Waals surface area contributed by atoms with Crippen molar-refractivity contribution in [2.45, 2.75) is 49.8 Å². The third-order valence-electron chi connectivity index (χ3n) is 3.68. The Morgan fingerprint density at radius 2 is 2.00 bits per heavy atom. The standard InChI is InChI=1S/C14H22N2O3S/c1-10-9-13(7-8-19-10)16-11(2)12-3-5-14(6-4-12)20(15,17)18/h3-6,10-11,13,16H,7-9H2,1-2H3,(H2,15,17,18). The van der Waals surface area contributed by atoms with Crippen LogP contribution in [0.5, 0.6) is 0 Å². The first-order valence-corrected chi connectivity index (χ1v) is 8.41. The SMILES string of the molecule is CC1CC(NC(C)c2ccc(S(N)(=O)=O)cc2)CCO1. The summed E-state index contributed by atoms with van der Waals surface area (Å²) in [7, 11) is -3.62. The van der Waals surface area contributed by atoms with Gasteiger partial charge in [-0.15, -0.1) is 0 Å². The van der Waals surface area contributed by atoms with E-state index in [9.17, 15) is 8.42 Å². The van der Waals surface area contributed by atoms with E-state index in [2.05, 4.69) is 19.2 Å². The van der Waals surface area contributed by atoms with Crippen molar-refractivity contribution in [1.29, 1.82) is 0 Å². The van der Waals surface area contributed by atoms with Crippen LogP contribution in [-0.4, -0.2) is 27.2 Å². The zero-order valence-corrected chi connectivity index (χ0v) is 12.7. The normalized spacial score (nSPS) is 25.4. The van der Waals surface area contributed by atoms with E-state index in [0.717, 1.165) is 25.0 Å². The predicted octanol–water partition coefficient (Wildman–Crippen LogP) is 1.55. The number of sulfonamides is 1. The number of primary sulfonamides is 1. The minimum absolute atomic E-state index is 0.146. The van der Waals surface area contributed by atoms with Gasteiger partial charge in [-0.3, -0.25) is 0 Å². The molecule has 1 aliphatic rings. The van der Waals surface area contributed by atoms with E-state index in [4.69, 9.17) is 9.88 Å². The molecular formula is C14H22N2O3S. The van der Waals surface area contributed by atoms with E-state index < -0.39 is 10.0 Å². The molecule has 1 fully saturated rings. The van der Waals surface area contributed by atoms with E-state index in [-0.39, 0.29) is 10.9 Å². The molecule has 112 valence electrons. The highest BCUT2D eigenvalue weighted by molar-refractivity contribution is 7.89. The number of hydrogen-bond acceptors (Lipinski definition) is 4. The second-order valence-corrected chi connectivity index (χ2v) is 6.97. The van der Waals surface area contributed by atoms with Crippen molar-refractivity contribution in [3.8, 4) is 0 Å². The Hall–Kier alpha value is -0.950. The largest absolute Gasteiger partial charge is 0.378 e. The van der Waals surface area contributed by atoms with Gasteiger partial charge in [0, 0.05) is 18.7 Å². The monoisotopic (exact) mass is 298 g/mol. The molecule has 0 aliphatic carbocycles. The van der Waals surface area contributed by atoms with Crippen molar-refractivity contribution in [3.05, 3.63) is 29.8 Å². The van der Waals surface area contributed by atoms with Crippen LogP contribution in [0.3, 0.4) is 0 Å². The molecule has 0 amide bonds. The fourth-order valence-corrected chi connectivity index (χ4v) is 3.06. The first-order valence-electron chi connectivity index (χ1n) is 6.86. The minimum atomic E-state index is -3.62. The van der Waals surface area contributed by atoms with Crippen LogP contribution >= 0.6 is 0 Å². The lowest BCUT2D eigenvalue weighted by Crippen LogP contribution is -2.39. The topological polar surface area (TPSA) is 81.4 Å². The maximum absolute atomic E-state index is 11.2. The number of nitrogens with one attached hydrogen (secondary N) is 1. The molecule has 3 N–H and O–H groups in total. The minimum Gasteiger partial charge on any atom is -0.378 e. The summed E-state index contributed by atoms with van der Waals surface area (Å²) in [6.45, 7) is 4.95. The molecular weight excluding hydrogens is 276 g/mol. The molecule has 1 heterocycles. The zero-order chi connectivity index (χ0) is 14.8. The summed E-state index contributed by atoms with van der Waals surface area (Å²) in [6, 6.07) is 7.32. The summed E-state index contributed by atoms with van der Waals surface area (Å²) in [5.41, 5.74) is 1.05. The molecule has 0 saturated carbocycles. The third-order valence-corrected chi connectivity index (χ3v) is 4.61. The van der Waals surface area contributed by atoms with Crippen LogP contribution in [0.25, 0.3) is 0 Å². The van der Waals surface area contributed by atoms with Crippen molar-refractivity contribution in [2.75, 3.05) is 6.61 Å². The number of nitrogens with two attached hydrogens (primary N) is 1. The van der Waals surface area contributed by atoms with Gasteiger partial charge >= 0.3 is 0 Å². The van der Waals surface area contributed by atoms with Crippen LogP contribution in [0.1, 0.15) is 38.3 Å². The summed E-state index contributed by atoms with van der Waals surface area (Å²) in [6.07, 6.45) is 2.29. The van der Waals surface area contributed by atoms with Gasteiger partial charge in [-0.1, -0.05) is 12.1 Å². The maximum Gasteiger partial charge on any atom is 0.238 e. The molecule has 2 rings (SSSR count). The molecule has 0 bridgehead atoms. The van der Waals surface area contributed by atoms with Crippen molar-refractivity contribution in [1.82, 2.24) is 5.32 Å². The Morgan fingerprint density at radius 3 is 2.55 bits per heavy atom. The molecule has 1 saturated heterocycles. The molecule has 0 spiro atoms. The number of rotatable bonds is 4. The number of benzene rings is 1. The molecule has 1 aromatic rings. The molecule has 1 aliphatic heterocycles. The summed E-state index contributed by atoms with van der Waals surface area (Å²) in [5.74, 6) is 0. The fraction of sp³-hybridized carbons (Fsp3) is 0.571. The van der Waals surface area contributed by atoms with Crippen molar-refractivity contribution < 1.29 is 13.2 Å². The molecule has 5 nitrogen and oxygen atoms in total. The van der Waals surface area contributed by atoms with E-state index in [0.29, 0.717) is 12.1 Å². The highest BCUT2D eigenvalue weighted by atomic mass is 32.2.